The van der Waals surface area contributed by atoms with Crippen molar-refractivity contribution in [1.82, 2.24) is 9.13 Å². The fourth-order valence-corrected chi connectivity index (χ4v) is 6.08. The molecule has 0 fully saturated rings. The molecule has 0 aliphatic carbocycles. The number of rotatable bonds is 5. The Bertz CT molecular complexity index is 1870. The first kappa shape index (κ1) is 28.6. The van der Waals surface area contributed by atoms with Crippen LogP contribution in [0.4, 0.5) is 13.2 Å². The molecular weight excluding hydrogens is 575 g/mol. The largest absolute Gasteiger partial charge is 0.463 e. The number of ether oxygens (including phenoxy) is 1. The highest BCUT2D eigenvalue weighted by atomic mass is 35.5. The number of carbonyl (C=O) groups excluding carboxylic acids is 1. The van der Waals surface area contributed by atoms with E-state index in [2.05, 4.69) is 4.99 Å². The second kappa shape index (κ2) is 10.8. The van der Waals surface area contributed by atoms with Gasteiger partial charge < -0.3 is 9.30 Å². The molecule has 4 aromatic rings. The Labute approximate surface area is 242 Å². The molecule has 0 spiro atoms. The number of hydrogen-bond acceptors (Lipinski definition) is 5. The Morgan fingerprint density at radius 2 is 1.76 bits per heavy atom. The molecule has 0 saturated heterocycles. The van der Waals surface area contributed by atoms with Crippen LogP contribution >= 0.6 is 22.9 Å². The van der Waals surface area contributed by atoms with Gasteiger partial charge in [0, 0.05) is 22.1 Å². The van der Waals surface area contributed by atoms with E-state index in [0.717, 1.165) is 44.1 Å². The van der Waals surface area contributed by atoms with E-state index in [0.29, 0.717) is 5.02 Å². The molecule has 0 radical (unpaired) electrons. The van der Waals surface area contributed by atoms with Crippen LogP contribution < -0.4 is 14.9 Å². The number of carbonyl (C=O) groups is 1. The maximum absolute atomic E-state index is 14.3. The van der Waals surface area contributed by atoms with Gasteiger partial charge >= 0.3 is 12.1 Å². The molecule has 0 amide bonds. The first-order valence-electron chi connectivity index (χ1n) is 12.7. The molecule has 3 heterocycles. The lowest BCUT2D eigenvalue weighted by Crippen LogP contribution is -2.41. The van der Waals surface area contributed by atoms with E-state index in [9.17, 15) is 22.8 Å². The lowest BCUT2D eigenvalue weighted by molar-refractivity contribution is -0.140. The second-order valence-electron chi connectivity index (χ2n) is 9.61. The first-order valence-corrected chi connectivity index (χ1v) is 13.9. The smallest absolute Gasteiger partial charge is 0.434 e. The summed E-state index contributed by atoms with van der Waals surface area (Å²) in [6.45, 7) is 7.19. The van der Waals surface area contributed by atoms with Crippen molar-refractivity contribution in [1.29, 1.82) is 0 Å². The van der Waals surface area contributed by atoms with Crippen LogP contribution in [0.1, 0.15) is 41.0 Å². The molecule has 5 rings (SSSR count). The minimum atomic E-state index is -4.97. The number of esters is 1. The van der Waals surface area contributed by atoms with Crippen LogP contribution in [-0.4, -0.2) is 27.9 Å². The number of thiazole rings is 1. The number of fused-ring (bicyclic) bond motifs is 1. The molecule has 2 aromatic heterocycles. The number of allylic oxidation sites excluding steroid dienone is 1. The van der Waals surface area contributed by atoms with Crippen molar-refractivity contribution in [2.24, 2.45) is 4.99 Å². The maximum Gasteiger partial charge on any atom is 0.434 e. The fourth-order valence-electron chi connectivity index (χ4n) is 4.97. The van der Waals surface area contributed by atoms with Crippen LogP contribution in [0.5, 0.6) is 0 Å². The Balaban J connectivity index is 1.75. The van der Waals surface area contributed by atoms with E-state index in [1.54, 1.807) is 6.08 Å². The summed E-state index contributed by atoms with van der Waals surface area (Å²) in [6, 6.07) is 14.4. The van der Waals surface area contributed by atoms with E-state index < -0.39 is 35.0 Å². The van der Waals surface area contributed by atoms with Gasteiger partial charge in [-0.25, -0.2) is 9.79 Å². The molecule has 6 nitrogen and oxygen atoms in total. The Hall–Kier alpha value is -3.89. The van der Waals surface area contributed by atoms with Crippen LogP contribution in [0.15, 0.2) is 75.7 Å². The molecular formula is C30H25ClF3N3O3S. The molecule has 11 heteroatoms. The van der Waals surface area contributed by atoms with Gasteiger partial charge in [-0.05, 0) is 75.2 Å². The molecule has 0 bridgehead atoms. The molecule has 0 saturated carbocycles. The number of alkyl halides is 3. The normalized spacial score (nSPS) is 15.6. The van der Waals surface area contributed by atoms with Crippen molar-refractivity contribution in [3.05, 3.63) is 119 Å². The fraction of sp³-hybridized carbons (Fsp3) is 0.233. The van der Waals surface area contributed by atoms with Gasteiger partial charge in [0.15, 0.2) is 10.5 Å². The second-order valence-corrected chi connectivity index (χ2v) is 11.1. The van der Waals surface area contributed by atoms with Crippen LogP contribution in [-0.2, 0) is 9.53 Å². The maximum atomic E-state index is 14.3. The van der Waals surface area contributed by atoms with Gasteiger partial charge in [0.05, 0.1) is 22.8 Å². The number of hydrogen-bond donors (Lipinski definition) is 0. The summed E-state index contributed by atoms with van der Waals surface area (Å²) >= 11 is 6.87. The van der Waals surface area contributed by atoms with Crippen LogP contribution in [0.25, 0.3) is 11.8 Å². The highest BCUT2D eigenvalue weighted by Gasteiger charge is 2.45. The average Bonchev–Trinajstić information content (AvgIpc) is 3.38. The molecule has 1 aliphatic heterocycles. The minimum absolute atomic E-state index is 0.151. The van der Waals surface area contributed by atoms with E-state index >= 15 is 0 Å². The summed E-state index contributed by atoms with van der Waals surface area (Å²) in [5, 5.41) is 0.350. The summed E-state index contributed by atoms with van der Waals surface area (Å²) in [5.41, 5.74) is 2.13. The molecule has 2 aromatic carbocycles. The van der Waals surface area contributed by atoms with Crippen molar-refractivity contribution in [2.45, 2.75) is 39.9 Å². The molecule has 1 atom stereocenters. The third-order valence-electron chi connectivity index (χ3n) is 6.83. The third-order valence-corrected chi connectivity index (χ3v) is 8.06. The van der Waals surface area contributed by atoms with Gasteiger partial charge in [-0.2, -0.15) is 13.2 Å². The predicted octanol–water partition coefficient (Wildman–Crippen LogP) is 5.71. The minimum Gasteiger partial charge on any atom is -0.463 e. The molecule has 0 N–H and O–H groups in total. The zero-order valence-electron chi connectivity index (χ0n) is 22.5. The summed E-state index contributed by atoms with van der Waals surface area (Å²) in [4.78, 5) is 30.5. The number of aromatic nitrogens is 2. The number of nitrogens with zero attached hydrogens (tertiary/aromatic N) is 3. The molecule has 1 aliphatic rings. The Morgan fingerprint density at radius 1 is 1.10 bits per heavy atom. The van der Waals surface area contributed by atoms with Gasteiger partial charge in [-0.15, -0.1) is 0 Å². The van der Waals surface area contributed by atoms with Crippen molar-refractivity contribution >= 4 is 35.0 Å². The standard InChI is InChI=1S/C30H25ClF3N3O3S/c1-5-40-28(39)24-25(19-8-10-21(31)11-9-19)37-27(38)23(41-29(37)35-26(24)30(32,33)34)15-20-14-17(3)36(18(20)4)22-12-6-16(2)7-13-22/h6-15,25H,5H2,1-4H3/b23-15-/t25-/m0/s1. The van der Waals surface area contributed by atoms with Crippen LogP contribution in [0, 0.1) is 20.8 Å². The topological polar surface area (TPSA) is 65.6 Å². The quantitative estimate of drug-likeness (QED) is 0.276. The van der Waals surface area contributed by atoms with E-state index in [4.69, 9.17) is 16.3 Å². The van der Waals surface area contributed by atoms with Crippen molar-refractivity contribution in [3.8, 4) is 5.69 Å². The van der Waals surface area contributed by atoms with Gasteiger partial charge in [0.2, 0.25) is 0 Å². The Kier molecular flexibility index (Phi) is 7.56. The van der Waals surface area contributed by atoms with Crippen molar-refractivity contribution in [2.75, 3.05) is 6.61 Å². The van der Waals surface area contributed by atoms with Crippen molar-refractivity contribution < 1.29 is 22.7 Å². The average molecular weight is 600 g/mol. The highest BCUT2D eigenvalue weighted by molar-refractivity contribution is 7.07. The number of halogens is 4. The summed E-state index contributed by atoms with van der Waals surface area (Å²) in [7, 11) is 0. The third kappa shape index (κ3) is 5.29. The van der Waals surface area contributed by atoms with Gasteiger partial charge in [-0.1, -0.05) is 52.8 Å². The summed E-state index contributed by atoms with van der Waals surface area (Å²) in [5.74, 6) is -1.19. The van der Waals surface area contributed by atoms with E-state index in [-0.39, 0.29) is 21.5 Å². The Morgan fingerprint density at radius 3 is 2.37 bits per heavy atom. The monoisotopic (exact) mass is 599 g/mol. The van der Waals surface area contributed by atoms with Gasteiger partial charge in [0.1, 0.15) is 0 Å². The molecule has 41 heavy (non-hydrogen) atoms. The number of benzene rings is 2. The van der Waals surface area contributed by atoms with E-state index in [1.807, 2.05) is 55.7 Å². The lowest BCUT2D eigenvalue weighted by Gasteiger charge is -2.26. The van der Waals surface area contributed by atoms with Gasteiger partial charge in [0.25, 0.3) is 5.56 Å². The highest BCUT2D eigenvalue weighted by Crippen LogP contribution is 2.38. The SMILES string of the molecule is CCOC(=O)C1=C(C(F)(F)F)N=c2s/c(=C\c3cc(C)n(-c4ccc(C)cc4)c3C)c(=O)n2[C@H]1c1ccc(Cl)cc1. The first-order chi connectivity index (χ1) is 19.4. The molecule has 0 unspecified atom stereocenters. The van der Waals surface area contributed by atoms with Crippen molar-refractivity contribution in [3.63, 3.8) is 0 Å². The summed E-state index contributed by atoms with van der Waals surface area (Å²) < 4.78 is 51.3. The predicted molar refractivity (Wildman–Crippen MR) is 152 cm³/mol. The van der Waals surface area contributed by atoms with Crippen LogP contribution in [0.2, 0.25) is 5.02 Å². The van der Waals surface area contributed by atoms with Crippen LogP contribution in [0.3, 0.4) is 0 Å². The summed E-state index contributed by atoms with van der Waals surface area (Å²) in [6.07, 6.45) is -3.32. The zero-order chi connectivity index (χ0) is 29.6. The zero-order valence-corrected chi connectivity index (χ0v) is 24.1. The van der Waals surface area contributed by atoms with Gasteiger partial charge in [-0.3, -0.25) is 9.36 Å². The molecule has 212 valence electrons. The lowest BCUT2D eigenvalue weighted by atomic mass is 9.95. The van der Waals surface area contributed by atoms with E-state index in [1.165, 1.54) is 31.2 Å². The number of aryl methyl sites for hydroxylation is 2.